The van der Waals surface area contributed by atoms with Gasteiger partial charge in [-0.3, -0.25) is 0 Å². The molecule has 0 atom stereocenters. The zero-order valence-corrected chi connectivity index (χ0v) is 12.8. The summed E-state index contributed by atoms with van der Waals surface area (Å²) in [5, 5.41) is 0. The second kappa shape index (κ2) is 36.2. The molecule has 0 bridgehead atoms. The van der Waals surface area contributed by atoms with E-state index in [1.54, 1.807) is 0 Å². The molecule has 0 heterocycles. The SMILES string of the molecule is [Br][W]#[C]c1ccccc1.[C-]#[O+].[C-]#[O+].[C-]#[O+].[C-]#[O+]. The van der Waals surface area contributed by atoms with Crippen LogP contribution in [0.1, 0.15) is 5.56 Å². The van der Waals surface area contributed by atoms with Gasteiger partial charge in [-0.25, -0.2) is 0 Å². The minimum absolute atomic E-state index is 0.427. The molecule has 0 aliphatic rings. The van der Waals surface area contributed by atoms with Crippen LogP contribution in [0.25, 0.3) is 0 Å². The first kappa shape index (κ1) is 25.1. The van der Waals surface area contributed by atoms with Crippen molar-refractivity contribution in [3.63, 3.8) is 0 Å². The van der Waals surface area contributed by atoms with Gasteiger partial charge in [-0.1, -0.05) is 0 Å². The zero-order chi connectivity index (χ0) is 14.5. The van der Waals surface area contributed by atoms with Crippen LogP contribution in [-0.4, -0.2) is 0 Å². The summed E-state index contributed by atoms with van der Waals surface area (Å²) in [7, 11) is 0. The third-order valence-electron chi connectivity index (χ3n) is 0.930. The summed E-state index contributed by atoms with van der Waals surface area (Å²) in [4.78, 5) is 0. The topological polar surface area (TPSA) is 79.6 Å². The van der Waals surface area contributed by atoms with Crippen LogP contribution in [0.4, 0.5) is 0 Å². The fourth-order valence-electron chi connectivity index (χ4n) is 0.551. The van der Waals surface area contributed by atoms with Crippen LogP contribution in [0.5, 0.6) is 0 Å². The monoisotopic (exact) mass is 464 g/mol. The molecule has 0 saturated carbocycles. The molecule has 0 N–H and O–H groups in total. The first-order valence-electron chi connectivity index (χ1n) is 3.34. The number of benzene rings is 1. The molecule has 6 heteroatoms. The molecule has 0 saturated heterocycles. The summed E-state index contributed by atoms with van der Waals surface area (Å²) < 4.78 is 33.3. The Hall–Kier alpha value is -0.872. The minimum atomic E-state index is -0.427. The van der Waals surface area contributed by atoms with Gasteiger partial charge in [0.15, 0.2) is 0 Å². The second-order valence-electron chi connectivity index (χ2n) is 1.55. The van der Waals surface area contributed by atoms with Crippen LogP contribution in [0.2, 0.25) is 0 Å². The Morgan fingerprint density at radius 1 is 0.824 bits per heavy atom. The Bertz CT molecular complexity index is 360. The van der Waals surface area contributed by atoms with Crippen molar-refractivity contribution >= 4 is 13.3 Å². The summed E-state index contributed by atoms with van der Waals surface area (Å²) in [5.74, 6) is 0. The fourth-order valence-corrected chi connectivity index (χ4v) is 2.89. The average Bonchev–Trinajstić information content (AvgIpc) is 2.49. The average molecular weight is 465 g/mol. The van der Waals surface area contributed by atoms with Gasteiger partial charge in [-0.2, -0.15) is 0 Å². The van der Waals surface area contributed by atoms with Gasteiger partial charge in [0.1, 0.15) is 0 Å². The van der Waals surface area contributed by atoms with Crippen LogP contribution < -0.4 is 0 Å². The summed E-state index contributed by atoms with van der Waals surface area (Å²) in [5.41, 5.74) is 1.22. The fraction of sp³-hybridized carbons (Fsp3) is 0. The van der Waals surface area contributed by atoms with Gasteiger partial charge in [0.2, 0.25) is 0 Å². The van der Waals surface area contributed by atoms with Gasteiger partial charge < -0.3 is 0 Å². The van der Waals surface area contributed by atoms with E-state index >= 15 is 0 Å². The molecular weight excluding hydrogens is 460 g/mol. The van der Waals surface area contributed by atoms with Crippen molar-refractivity contribution in [3.05, 3.63) is 62.5 Å². The molecule has 0 fully saturated rings. The van der Waals surface area contributed by atoms with Crippen LogP contribution in [-0.2, 0) is 34.5 Å². The van der Waals surface area contributed by atoms with Crippen LogP contribution in [0.15, 0.2) is 30.3 Å². The van der Waals surface area contributed by atoms with Gasteiger partial charge in [0.25, 0.3) is 0 Å². The summed E-state index contributed by atoms with van der Waals surface area (Å²) in [6.07, 6.45) is 0. The first-order chi connectivity index (χ1) is 8.43. The van der Waals surface area contributed by atoms with E-state index in [1.165, 1.54) is 5.56 Å². The van der Waals surface area contributed by atoms with E-state index in [1.807, 2.05) is 18.2 Å². The van der Waals surface area contributed by atoms with Crippen molar-refractivity contribution in [2.45, 2.75) is 0 Å². The molecule has 0 aromatic heterocycles. The van der Waals surface area contributed by atoms with E-state index in [0.29, 0.717) is 0 Å². The third kappa shape index (κ3) is 25.4. The summed E-state index contributed by atoms with van der Waals surface area (Å²) in [6, 6.07) is 10.2. The molecule has 1 aromatic carbocycles. The maximum atomic E-state index is 7.50. The van der Waals surface area contributed by atoms with Gasteiger partial charge in [-0.15, -0.1) is 0 Å². The zero-order valence-electron chi connectivity index (χ0n) is 8.31. The second-order valence-corrected chi connectivity index (χ2v) is 5.48. The molecule has 4 nitrogen and oxygen atoms in total. The van der Waals surface area contributed by atoms with E-state index in [9.17, 15) is 0 Å². The van der Waals surface area contributed by atoms with Crippen molar-refractivity contribution in [1.82, 2.24) is 0 Å². The van der Waals surface area contributed by atoms with Crippen molar-refractivity contribution in [2.75, 3.05) is 0 Å². The van der Waals surface area contributed by atoms with E-state index < -0.39 is 15.8 Å². The quantitative estimate of drug-likeness (QED) is 0.417. The molecule has 0 spiro atoms. The molecule has 0 radical (unpaired) electrons. The molecule has 0 aliphatic heterocycles. The van der Waals surface area contributed by atoms with Crippen LogP contribution in [0, 0.1) is 30.8 Å². The predicted octanol–water partition coefficient (Wildman–Crippen LogP) is 2.24. The van der Waals surface area contributed by atoms with E-state index in [4.69, 9.17) is 18.6 Å². The Morgan fingerprint density at radius 2 is 1.18 bits per heavy atom. The first-order valence-corrected chi connectivity index (χ1v) is 11.2. The number of hydrogen-bond donors (Lipinski definition) is 0. The van der Waals surface area contributed by atoms with Crippen molar-refractivity contribution < 1.29 is 34.5 Å². The van der Waals surface area contributed by atoms with Crippen LogP contribution in [0.3, 0.4) is 0 Å². The number of rotatable bonds is 0. The summed E-state index contributed by atoms with van der Waals surface area (Å²) >= 11 is 3.01. The van der Waals surface area contributed by atoms with Crippen molar-refractivity contribution in [3.8, 4) is 4.20 Å². The maximum absolute atomic E-state index is 7.50. The number of halogens is 1. The molecule has 0 amide bonds. The van der Waals surface area contributed by atoms with E-state index in [2.05, 4.69) is 56.2 Å². The van der Waals surface area contributed by atoms with Gasteiger partial charge >= 0.3 is 114 Å². The molecule has 86 valence electrons. The van der Waals surface area contributed by atoms with Gasteiger partial charge in [0.05, 0.1) is 0 Å². The van der Waals surface area contributed by atoms with E-state index in [-0.39, 0.29) is 0 Å². The molecule has 17 heavy (non-hydrogen) atoms. The molecule has 1 aromatic rings. The molecule has 1 rings (SSSR count). The third-order valence-corrected chi connectivity index (χ3v) is 3.38. The predicted molar refractivity (Wildman–Crippen MR) is 54.1 cm³/mol. The Balaban J connectivity index is -0.0000000905. The van der Waals surface area contributed by atoms with Crippen molar-refractivity contribution in [1.29, 1.82) is 0 Å². The van der Waals surface area contributed by atoms with Gasteiger partial charge in [0, 0.05) is 0 Å². The Labute approximate surface area is 114 Å². The molecular formula is C11H5BrO4W. The Morgan fingerprint density at radius 3 is 1.47 bits per heavy atom. The molecule has 0 unspecified atom stereocenters. The normalized spacial score (nSPS) is 4.76. The van der Waals surface area contributed by atoms with Gasteiger partial charge in [-0.05, 0) is 0 Å². The number of hydrogen-bond acceptors (Lipinski definition) is 0. The van der Waals surface area contributed by atoms with E-state index in [0.717, 1.165) is 0 Å². The van der Waals surface area contributed by atoms with Crippen LogP contribution >= 0.6 is 13.3 Å². The molecule has 0 aliphatic carbocycles. The van der Waals surface area contributed by atoms with Crippen molar-refractivity contribution in [2.24, 2.45) is 0 Å². The summed E-state index contributed by atoms with van der Waals surface area (Å²) in [6.45, 7) is 18.0. The standard InChI is InChI=1S/C7H5.4CO.BrH.W/c1-7-5-3-2-4-6-7;4*1-2;;/h2-6H;;;;;1H;/q;;;;;;+1/p-1. The Kier molecular flexibility index (Phi) is 53.5.